The summed E-state index contributed by atoms with van der Waals surface area (Å²) < 4.78 is 9.88. The van der Waals surface area contributed by atoms with Crippen LogP contribution >= 0.6 is 0 Å². The molecule has 0 aromatic heterocycles. The topological polar surface area (TPSA) is 52.6 Å². The Morgan fingerprint density at radius 3 is 2.47 bits per heavy atom. The normalized spacial score (nSPS) is 9.82. The average molecular weight is 236 g/mol. The fourth-order valence-electron chi connectivity index (χ4n) is 1.59. The molecule has 0 saturated carbocycles. The molecule has 0 aliphatic heterocycles. The Kier molecular flexibility index (Phi) is 4.69. The number of esters is 1. The van der Waals surface area contributed by atoms with Gasteiger partial charge in [-0.15, -0.1) is 0 Å². The van der Waals surface area contributed by atoms with Crippen LogP contribution in [0.5, 0.6) is 5.75 Å². The summed E-state index contributed by atoms with van der Waals surface area (Å²) in [6, 6.07) is 5.16. The first-order valence-corrected chi connectivity index (χ1v) is 5.53. The van der Waals surface area contributed by atoms with Crippen molar-refractivity contribution in [1.82, 2.24) is 0 Å². The Morgan fingerprint density at radius 2 is 1.94 bits per heavy atom. The van der Waals surface area contributed by atoms with Crippen LogP contribution in [0, 0.1) is 0 Å². The van der Waals surface area contributed by atoms with E-state index in [0.29, 0.717) is 5.75 Å². The SMILES string of the molecule is CCOC(=O)C(=O)c1cccc(CC)c1OC. The van der Waals surface area contributed by atoms with Gasteiger partial charge in [-0.1, -0.05) is 19.1 Å². The molecule has 0 heterocycles. The number of ketones is 1. The van der Waals surface area contributed by atoms with Crippen molar-refractivity contribution >= 4 is 11.8 Å². The monoisotopic (exact) mass is 236 g/mol. The molecular formula is C13H16O4. The number of carbonyl (C=O) groups is 2. The third kappa shape index (κ3) is 2.84. The summed E-state index contributed by atoms with van der Waals surface area (Å²) in [5, 5.41) is 0. The molecule has 0 saturated heterocycles. The molecular weight excluding hydrogens is 220 g/mol. The average Bonchev–Trinajstić information content (AvgIpc) is 2.36. The summed E-state index contributed by atoms with van der Waals surface area (Å²) in [5.41, 5.74) is 1.15. The van der Waals surface area contributed by atoms with Gasteiger partial charge in [0.15, 0.2) is 0 Å². The van der Waals surface area contributed by atoms with Crippen LogP contribution in [0.15, 0.2) is 18.2 Å². The van der Waals surface area contributed by atoms with E-state index >= 15 is 0 Å². The Hall–Kier alpha value is -1.84. The molecule has 0 spiro atoms. The molecule has 0 bridgehead atoms. The van der Waals surface area contributed by atoms with Crippen molar-refractivity contribution in [1.29, 1.82) is 0 Å². The van der Waals surface area contributed by atoms with Crippen molar-refractivity contribution in [3.05, 3.63) is 29.3 Å². The minimum Gasteiger partial charge on any atom is -0.496 e. The molecule has 0 amide bonds. The lowest BCUT2D eigenvalue weighted by atomic mass is 10.0. The van der Waals surface area contributed by atoms with Crippen LogP contribution in [0.2, 0.25) is 0 Å². The summed E-state index contributed by atoms with van der Waals surface area (Å²) in [4.78, 5) is 23.2. The Morgan fingerprint density at radius 1 is 1.24 bits per heavy atom. The van der Waals surface area contributed by atoms with E-state index in [-0.39, 0.29) is 12.2 Å². The first-order chi connectivity index (χ1) is 8.15. The van der Waals surface area contributed by atoms with E-state index in [1.807, 2.05) is 13.0 Å². The second kappa shape index (κ2) is 6.03. The van der Waals surface area contributed by atoms with Crippen LogP contribution < -0.4 is 4.74 Å². The number of methoxy groups -OCH3 is 1. The quantitative estimate of drug-likeness (QED) is 0.446. The molecule has 17 heavy (non-hydrogen) atoms. The number of carbonyl (C=O) groups excluding carboxylic acids is 2. The molecule has 0 unspecified atom stereocenters. The highest BCUT2D eigenvalue weighted by molar-refractivity contribution is 6.41. The van der Waals surface area contributed by atoms with Gasteiger partial charge in [0.05, 0.1) is 19.3 Å². The maximum Gasteiger partial charge on any atom is 0.379 e. The number of Topliss-reactive ketones (excluding diaryl/α,β-unsaturated/α-hetero) is 1. The van der Waals surface area contributed by atoms with E-state index in [9.17, 15) is 9.59 Å². The molecule has 0 N–H and O–H groups in total. The minimum atomic E-state index is -0.848. The molecule has 1 aromatic rings. The minimum absolute atomic E-state index is 0.181. The maximum absolute atomic E-state index is 11.8. The van der Waals surface area contributed by atoms with Crippen molar-refractivity contribution in [2.45, 2.75) is 20.3 Å². The van der Waals surface area contributed by atoms with Crippen LogP contribution in [0.1, 0.15) is 29.8 Å². The molecule has 1 rings (SSSR count). The zero-order chi connectivity index (χ0) is 12.8. The summed E-state index contributed by atoms with van der Waals surface area (Å²) in [5.74, 6) is -1.06. The molecule has 0 atom stereocenters. The van der Waals surface area contributed by atoms with Gasteiger partial charge < -0.3 is 9.47 Å². The van der Waals surface area contributed by atoms with Crippen LogP contribution in [-0.2, 0) is 16.0 Å². The van der Waals surface area contributed by atoms with Gasteiger partial charge in [0.2, 0.25) is 0 Å². The van der Waals surface area contributed by atoms with Gasteiger partial charge in [-0.2, -0.15) is 0 Å². The van der Waals surface area contributed by atoms with Gasteiger partial charge in [-0.25, -0.2) is 4.79 Å². The highest BCUT2D eigenvalue weighted by Gasteiger charge is 2.22. The third-order valence-corrected chi connectivity index (χ3v) is 2.39. The predicted octanol–water partition coefficient (Wildman–Crippen LogP) is 2.00. The molecule has 4 heteroatoms. The van der Waals surface area contributed by atoms with E-state index in [4.69, 9.17) is 4.74 Å². The van der Waals surface area contributed by atoms with Gasteiger partial charge in [-0.3, -0.25) is 4.79 Å². The number of rotatable bonds is 5. The molecule has 0 fully saturated rings. The smallest absolute Gasteiger partial charge is 0.379 e. The van der Waals surface area contributed by atoms with E-state index in [0.717, 1.165) is 12.0 Å². The van der Waals surface area contributed by atoms with E-state index in [2.05, 4.69) is 4.74 Å². The lowest BCUT2D eigenvalue weighted by Crippen LogP contribution is -2.18. The van der Waals surface area contributed by atoms with Crippen molar-refractivity contribution in [2.75, 3.05) is 13.7 Å². The zero-order valence-corrected chi connectivity index (χ0v) is 10.3. The number of hydrogen-bond acceptors (Lipinski definition) is 4. The summed E-state index contributed by atoms with van der Waals surface area (Å²) in [6.45, 7) is 3.79. The summed E-state index contributed by atoms with van der Waals surface area (Å²) in [7, 11) is 1.48. The maximum atomic E-state index is 11.8. The van der Waals surface area contributed by atoms with Crippen LogP contribution in [0.4, 0.5) is 0 Å². The second-order valence-corrected chi connectivity index (χ2v) is 3.40. The highest BCUT2D eigenvalue weighted by Crippen LogP contribution is 2.24. The van der Waals surface area contributed by atoms with E-state index < -0.39 is 11.8 Å². The van der Waals surface area contributed by atoms with E-state index in [1.54, 1.807) is 19.1 Å². The predicted molar refractivity (Wildman–Crippen MR) is 63.3 cm³/mol. The first kappa shape index (κ1) is 13.2. The Labute approximate surface area is 101 Å². The van der Waals surface area contributed by atoms with Crippen LogP contribution in [-0.4, -0.2) is 25.5 Å². The van der Waals surface area contributed by atoms with Crippen molar-refractivity contribution in [3.63, 3.8) is 0 Å². The third-order valence-electron chi connectivity index (χ3n) is 2.39. The largest absolute Gasteiger partial charge is 0.496 e. The lowest BCUT2D eigenvalue weighted by Gasteiger charge is -2.11. The Bertz CT molecular complexity index is 423. The fourth-order valence-corrected chi connectivity index (χ4v) is 1.59. The number of para-hydroxylation sites is 1. The highest BCUT2D eigenvalue weighted by atomic mass is 16.5. The fraction of sp³-hybridized carbons (Fsp3) is 0.385. The van der Waals surface area contributed by atoms with Crippen molar-refractivity contribution < 1.29 is 19.1 Å². The number of benzene rings is 1. The first-order valence-electron chi connectivity index (χ1n) is 5.53. The molecule has 0 aliphatic rings. The van der Waals surface area contributed by atoms with Gasteiger partial charge in [0.25, 0.3) is 5.78 Å². The van der Waals surface area contributed by atoms with Gasteiger partial charge in [0.1, 0.15) is 5.75 Å². The molecule has 92 valence electrons. The van der Waals surface area contributed by atoms with Gasteiger partial charge >= 0.3 is 5.97 Å². The molecule has 0 radical (unpaired) electrons. The zero-order valence-electron chi connectivity index (χ0n) is 10.3. The standard InChI is InChI=1S/C13H16O4/c1-4-9-7-6-8-10(12(9)16-3)11(14)13(15)17-5-2/h6-8H,4-5H2,1-3H3. The molecule has 4 nitrogen and oxygen atoms in total. The van der Waals surface area contributed by atoms with E-state index in [1.165, 1.54) is 7.11 Å². The number of hydrogen-bond donors (Lipinski definition) is 0. The van der Waals surface area contributed by atoms with Crippen molar-refractivity contribution in [2.24, 2.45) is 0 Å². The van der Waals surface area contributed by atoms with Gasteiger partial charge in [-0.05, 0) is 25.0 Å². The molecule has 0 aliphatic carbocycles. The summed E-state index contributed by atoms with van der Waals surface area (Å²) in [6.07, 6.45) is 0.729. The van der Waals surface area contributed by atoms with Crippen LogP contribution in [0.25, 0.3) is 0 Å². The Balaban J connectivity index is 3.13. The van der Waals surface area contributed by atoms with Gasteiger partial charge in [0, 0.05) is 0 Å². The lowest BCUT2D eigenvalue weighted by molar-refractivity contribution is -0.137. The number of aryl methyl sites for hydroxylation is 1. The van der Waals surface area contributed by atoms with Crippen LogP contribution in [0.3, 0.4) is 0 Å². The second-order valence-electron chi connectivity index (χ2n) is 3.40. The van der Waals surface area contributed by atoms with Crippen molar-refractivity contribution in [3.8, 4) is 5.75 Å². The summed E-state index contributed by atoms with van der Waals surface area (Å²) >= 11 is 0. The molecule has 1 aromatic carbocycles. The number of ether oxygens (including phenoxy) is 2.